The first-order chi connectivity index (χ1) is 11.7. The summed E-state index contributed by atoms with van der Waals surface area (Å²) in [5.74, 6) is -2.98. The Balaban J connectivity index is 0.000000251. The molecule has 0 saturated carbocycles. The van der Waals surface area contributed by atoms with Crippen molar-refractivity contribution in [3.8, 4) is 0 Å². The molecule has 25 heavy (non-hydrogen) atoms. The highest BCUT2D eigenvalue weighted by Crippen LogP contribution is 2.12. The van der Waals surface area contributed by atoms with Crippen molar-refractivity contribution in [3.05, 3.63) is 63.9 Å². The van der Waals surface area contributed by atoms with Gasteiger partial charge in [-0.05, 0) is 19.4 Å². The minimum Gasteiger partial charge on any atom is -0.619 e. The summed E-state index contributed by atoms with van der Waals surface area (Å²) in [4.78, 5) is 25.5. The molecule has 2 heterocycles. The van der Waals surface area contributed by atoms with E-state index in [0.717, 1.165) is 19.5 Å². The summed E-state index contributed by atoms with van der Waals surface area (Å²) in [5, 5.41) is 10.7. The Labute approximate surface area is 142 Å². The van der Waals surface area contributed by atoms with Crippen LogP contribution in [0, 0.1) is 30.7 Å². The summed E-state index contributed by atoms with van der Waals surface area (Å²) in [6.07, 6.45) is 4.18. The highest BCUT2D eigenvalue weighted by atomic mass is 19.1. The number of carbonyl (C=O) groups excluding carboxylic acids is 2. The van der Waals surface area contributed by atoms with Crippen LogP contribution in [0.2, 0.25) is 0 Å². The Morgan fingerprint density at radius 3 is 1.92 bits per heavy atom. The lowest BCUT2D eigenvalue weighted by atomic mass is 10.1. The number of rotatable bonds is 2. The SMILES string of the molecule is COC(=O)c1c(C)c[n+]([O-])cc1F.COC(=O)c1c(C)cncc1F. The molecule has 0 amide bonds. The van der Waals surface area contributed by atoms with Crippen LogP contribution in [0.3, 0.4) is 0 Å². The van der Waals surface area contributed by atoms with Crippen molar-refractivity contribution in [1.82, 2.24) is 4.98 Å². The van der Waals surface area contributed by atoms with Gasteiger partial charge in [-0.1, -0.05) is 0 Å². The second-order valence-electron chi connectivity index (χ2n) is 4.82. The van der Waals surface area contributed by atoms with Gasteiger partial charge in [-0.2, -0.15) is 9.12 Å². The zero-order valence-electron chi connectivity index (χ0n) is 14.0. The average molecular weight is 354 g/mol. The number of hydrogen-bond donors (Lipinski definition) is 0. The van der Waals surface area contributed by atoms with E-state index in [2.05, 4.69) is 14.5 Å². The van der Waals surface area contributed by atoms with E-state index < -0.39 is 23.6 Å². The Morgan fingerprint density at radius 2 is 1.48 bits per heavy atom. The number of methoxy groups -OCH3 is 2. The summed E-state index contributed by atoms with van der Waals surface area (Å²) in [5.41, 5.74) is 0.478. The molecule has 0 atom stereocenters. The molecule has 2 aromatic heterocycles. The first-order valence-corrected chi connectivity index (χ1v) is 6.88. The number of pyridine rings is 2. The second kappa shape index (κ2) is 8.67. The van der Waals surface area contributed by atoms with Gasteiger partial charge in [-0.15, -0.1) is 0 Å². The highest BCUT2D eigenvalue weighted by molar-refractivity contribution is 5.91. The van der Waals surface area contributed by atoms with Crippen LogP contribution < -0.4 is 4.73 Å². The molecule has 2 rings (SSSR count). The molecule has 0 aliphatic rings. The minimum absolute atomic E-state index is 0.0486. The molecule has 0 N–H and O–H groups in total. The van der Waals surface area contributed by atoms with Crippen molar-refractivity contribution in [2.24, 2.45) is 0 Å². The standard InChI is InChI=1S/C8H8FNO3.C8H8FNO2/c1-5-3-10(12)4-6(9)7(5)8(11)13-2;1-5-3-10-4-6(9)7(5)8(11)12-2/h3-4H,1-2H3;3-4H,1-2H3. The fourth-order valence-electron chi connectivity index (χ4n) is 1.91. The predicted octanol–water partition coefficient (Wildman–Crippen LogP) is 1.87. The van der Waals surface area contributed by atoms with Crippen molar-refractivity contribution in [2.75, 3.05) is 14.2 Å². The van der Waals surface area contributed by atoms with Gasteiger partial charge in [0, 0.05) is 11.8 Å². The Morgan fingerprint density at radius 1 is 0.960 bits per heavy atom. The van der Waals surface area contributed by atoms with Gasteiger partial charge >= 0.3 is 11.9 Å². The topological polar surface area (TPSA) is 92.4 Å². The van der Waals surface area contributed by atoms with Crippen LogP contribution in [0.1, 0.15) is 31.8 Å². The van der Waals surface area contributed by atoms with Gasteiger partial charge in [0.25, 0.3) is 0 Å². The van der Waals surface area contributed by atoms with Crippen molar-refractivity contribution >= 4 is 11.9 Å². The molecular formula is C16H16F2N2O5. The molecule has 0 radical (unpaired) electrons. The number of halogens is 2. The number of carbonyl (C=O) groups is 2. The van der Waals surface area contributed by atoms with E-state index in [1.54, 1.807) is 6.92 Å². The molecule has 0 saturated heterocycles. The third kappa shape index (κ3) is 4.93. The Hall–Kier alpha value is -3.10. The van der Waals surface area contributed by atoms with Gasteiger partial charge < -0.3 is 14.7 Å². The van der Waals surface area contributed by atoms with Crippen LogP contribution >= 0.6 is 0 Å². The number of hydrogen-bond acceptors (Lipinski definition) is 6. The summed E-state index contributed by atoms with van der Waals surface area (Å²) in [6, 6.07) is 0. The number of aromatic nitrogens is 2. The van der Waals surface area contributed by atoms with E-state index in [1.165, 1.54) is 20.2 Å². The molecule has 0 aliphatic carbocycles. The number of aryl methyl sites for hydroxylation is 2. The third-order valence-corrected chi connectivity index (χ3v) is 3.06. The van der Waals surface area contributed by atoms with Crippen LogP contribution in [0.25, 0.3) is 0 Å². The maximum absolute atomic E-state index is 13.0. The number of ether oxygens (including phenoxy) is 2. The maximum Gasteiger partial charge on any atom is 0.341 e. The van der Waals surface area contributed by atoms with Gasteiger partial charge in [-0.3, -0.25) is 4.98 Å². The van der Waals surface area contributed by atoms with E-state index in [4.69, 9.17) is 0 Å². The van der Waals surface area contributed by atoms with Crippen LogP contribution in [0.15, 0.2) is 24.8 Å². The van der Waals surface area contributed by atoms with Crippen molar-refractivity contribution in [3.63, 3.8) is 0 Å². The molecule has 0 aromatic carbocycles. The molecule has 2 aromatic rings. The van der Waals surface area contributed by atoms with Crippen molar-refractivity contribution in [2.45, 2.75) is 13.8 Å². The summed E-state index contributed by atoms with van der Waals surface area (Å²) in [7, 11) is 2.36. The quantitative estimate of drug-likeness (QED) is 0.464. The first-order valence-electron chi connectivity index (χ1n) is 6.88. The molecule has 0 unspecified atom stereocenters. The Kier molecular flexibility index (Phi) is 6.92. The molecule has 7 nitrogen and oxygen atoms in total. The van der Waals surface area contributed by atoms with Gasteiger partial charge in [0.1, 0.15) is 11.1 Å². The minimum atomic E-state index is -0.873. The van der Waals surface area contributed by atoms with Crippen LogP contribution in [-0.2, 0) is 9.47 Å². The zero-order chi connectivity index (χ0) is 19.1. The van der Waals surface area contributed by atoms with Crippen LogP contribution in [-0.4, -0.2) is 31.1 Å². The van der Waals surface area contributed by atoms with Crippen LogP contribution in [0.4, 0.5) is 8.78 Å². The average Bonchev–Trinajstić information content (AvgIpc) is 2.53. The molecule has 0 aliphatic heterocycles. The van der Waals surface area contributed by atoms with Gasteiger partial charge in [0.05, 0.1) is 20.4 Å². The Bertz CT molecular complexity index is 753. The fraction of sp³-hybridized carbons (Fsp3) is 0.250. The highest BCUT2D eigenvalue weighted by Gasteiger charge is 2.18. The fourth-order valence-corrected chi connectivity index (χ4v) is 1.91. The summed E-state index contributed by atoms with van der Waals surface area (Å²) < 4.78 is 35.0. The monoisotopic (exact) mass is 354 g/mol. The molecule has 134 valence electrons. The normalized spacial score (nSPS) is 9.68. The zero-order valence-corrected chi connectivity index (χ0v) is 14.0. The number of esters is 2. The van der Waals surface area contributed by atoms with E-state index in [9.17, 15) is 23.6 Å². The van der Waals surface area contributed by atoms with E-state index in [1.807, 2.05) is 0 Å². The smallest absolute Gasteiger partial charge is 0.341 e. The van der Waals surface area contributed by atoms with E-state index >= 15 is 0 Å². The molecule has 0 bridgehead atoms. The first kappa shape index (κ1) is 19.9. The van der Waals surface area contributed by atoms with Gasteiger partial charge in [-0.25, -0.2) is 14.0 Å². The molecule has 0 spiro atoms. The predicted molar refractivity (Wildman–Crippen MR) is 81.7 cm³/mol. The summed E-state index contributed by atoms with van der Waals surface area (Å²) >= 11 is 0. The maximum atomic E-state index is 13.0. The van der Waals surface area contributed by atoms with E-state index in [-0.39, 0.29) is 16.7 Å². The van der Waals surface area contributed by atoms with E-state index in [0.29, 0.717) is 16.5 Å². The molecular weight excluding hydrogens is 338 g/mol. The lowest BCUT2D eigenvalue weighted by Gasteiger charge is -2.04. The lowest BCUT2D eigenvalue weighted by Crippen LogP contribution is -2.28. The lowest BCUT2D eigenvalue weighted by molar-refractivity contribution is -0.607. The third-order valence-electron chi connectivity index (χ3n) is 3.06. The molecule has 0 fully saturated rings. The van der Waals surface area contributed by atoms with Gasteiger partial charge in [0.15, 0.2) is 12.0 Å². The second-order valence-corrected chi connectivity index (χ2v) is 4.82. The summed E-state index contributed by atoms with van der Waals surface area (Å²) in [6.45, 7) is 3.06. The largest absolute Gasteiger partial charge is 0.619 e. The number of nitrogens with zero attached hydrogens (tertiary/aromatic N) is 2. The van der Waals surface area contributed by atoms with Crippen LogP contribution in [0.5, 0.6) is 0 Å². The van der Waals surface area contributed by atoms with Gasteiger partial charge in [0.2, 0.25) is 12.0 Å². The molecule has 9 heteroatoms. The van der Waals surface area contributed by atoms with Crippen molar-refractivity contribution < 1.29 is 32.6 Å². The van der Waals surface area contributed by atoms with Crippen molar-refractivity contribution in [1.29, 1.82) is 0 Å².